The normalized spacial score (nSPS) is 11.7. The van der Waals surface area contributed by atoms with Crippen LogP contribution >= 0.6 is 0 Å². The van der Waals surface area contributed by atoms with Crippen LogP contribution in [0.4, 0.5) is 0 Å². The highest BCUT2D eigenvalue weighted by Gasteiger charge is 2.16. The molecule has 0 bridgehead atoms. The molecule has 0 saturated heterocycles. The number of rotatable bonds is 10. The second kappa shape index (κ2) is 10.5. The second-order valence-electron chi connectivity index (χ2n) is 6.30. The predicted molar refractivity (Wildman–Crippen MR) is 96.6 cm³/mol. The molecule has 0 aromatic heterocycles. The minimum absolute atomic E-state index is 0.0175. The molecule has 2 N–H and O–H groups in total. The van der Waals surface area contributed by atoms with Gasteiger partial charge in [-0.2, -0.15) is 0 Å². The zero-order valence-corrected chi connectivity index (χ0v) is 15.4. The van der Waals surface area contributed by atoms with Crippen molar-refractivity contribution < 1.29 is 19.1 Å². The number of hydrogen-bond donors (Lipinski definition) is 2. The quantitative estimate of drug-likeness (QED) is 0.635. The number of para-hydroxylation sites is 1. The summed E-state index contributed by atoms with van der Waals surface area (Å²) in [6, 6.07) is 7.67. The van der Waals surface area contributed by atoms with Crippen LogP contribution in [0, 0.1) is 0 Å². The minimum Gasteiger partial charge on any atom is -0.481 e. The van der Waals surface area contributed by atoms with Gasteiger partial charge < -0.3 is 20.2 Å². The zero-order chi connectivity index (χ0) is 18.8. The smallest absolute Gasteiger partial charge is 0.260 e. The number of ether oxygens (including phenoxy) is 1. The number of ketones is 1. The van der Waals surface area contributed by atoms with Crippen molar-refractivity contribution in [2.24, 2.45) is 0 Å². The average Bonchev–Trinajstić information content (AvgIpc) is 2.56. The van der Waals surface area contributed by atoms with Gasteiger partial charge in [0.05, 0.1) is 0 Å². The van der Waals surface area contributed by atoms with E-state index in [0.717, 1.165) is 5.56 Å². The predicted octanol–water partition coefficient (Wildman–Crippen LogP) is 2.18. The molecule has 1 unspecified atom stereocenters. The summed E-state index contributed by atoms with van der Waals surface area (Å²) in [6.45, 7) is 7.91. The molecule has 1 atom stereocenters. The number of amides is 2. The van der Waals surface area contributed by atoms with Gasteiger partial charge in [-0.25, -0.2) is 0 Å². The molecule has 1 aromatic carbocycles. The lowest BCUT2D eigenvalue weighted by atomic mass is 10.0. The van der Waals surface area contributed by atoms with Crippen LogP contribution in [0.15, 0.2) is 24.3 Å². The number of carbonyl (C=O) groups is 3. The maximum Gasteiger partial charge on any atom is 0.260 e. The van der Waals surface area contributed by atoms with Crippen LogP contribution in [-0.4, -0.2) is 36.8 Å². The highest BCUT2D eigenvalue weighted by molar-refractivity contribution is 5.83. The zero-order valence-electron chi connectivity index (χ0n) is 15.4. The third kappa shape index (κ3) is 7.83. The van der Waals surface area contributed by atoms with E-state index in [1.54, 1.807) is 6.92 Å². The molecular formula is C19H28N2O4. The fourth-order valence-corrected chi connectivity index (χ4v) is 2.22. The van der Waals surface area contributed by atoms with Gasteiger partial charge in [0.1, 0.15) is 11.5 Å². The standard InChI is InChI=1S/C19H28N2O4/c1-13(2)16-7-5-6-8-17(16)25-15(4)19(24)21-12-11-20-18(23)10-9-14(3)22/h5-8,13,15H,9-12H2,1-4H3,(H,20,23)(H,21,24). The molecule has 1 rings (SSSR count). The van der Waals surface area contributed by atoms with Crippen LogP contribution in [0.25, 0.3) is 0 Å². The number of benzene rings is 1. The van der Waals surface area contributed by atoms with E-state index in [9.17, 15) is 14.4 Å². The number of nitrogens with one attached hydrogen (secondary N) is 2. The first-order chi connectivity index (χ1) is 11.8. The molecule has 2 amide bonds. The second-order valence-corrected chi connectivity index (χ2v) is 6.30. The van der Waals surface area contributed by atoms with Crippen molar-refractivity contribution in [3.63, 3.8) is 0 Å². The maximum absolute atomic E-state index is 12.1. The van der Waals surface area contributed by atoms with Gasteiger partial charge >= 0.3 is 0 Å². The van der Waals surface area contributed by atoms with E-state index in [0.29, 0.717) is 24.8 Å². The Labute approximate surface area is 149 Å². The van der Waals surface area contributed by atoms with E-state index in [1.807, 2.05) is 24.3 Å². The Balaban J connectivity index is 2.36. The lowest BCUT2D eigenvalue weighted by Crippen LogP contribution is -2.40. The Bertz CT molecular complexity index is 599. The van der Waals surface area contributed by atoms with Gasteiger partial charge in [0, 0.05) is 25.9 Å². The molecule has 0 heterocycles. The molecule has 0 spiro atoms. The molecule has 6 nitrogen and oxygen atoms in total. The van der Waals surface area contributed by atoms with Crippen LogP contribution in [-0.2, 0) is 14.4 Å². The molecule has 0 aliphatic carbocycles. The van der Waals surface area contributed by atoms with E-state index in [4.69, 9.17) is 4.74 Å². The molecule has 0 aliphatic heterocycles. The first-order valence-electron chi connectivity index (χ1n) is 8.60. The van der Waals surface area contributed by atoms with Crippen LogP contribution in [0.2, 0.25) is 0 Å². The third-order valence-electron chi connectivity index (χ3n) is 3.66. The van der Waals surface area contributed by atoms with Crippen LogP contribution < -0.4 is 15.4 Å². The molecule has 1 aromatic rings. The van der Waals surface area contributed by atoms with Crippen molar-refractivity contribution in [2.75, 3.05) is 13.1 Å². The van der Waals surface area contributed by atoms with Gasteiger partial charge in [-0.15, -0.1) is 0 Å². The average molecular weight is 348 g/mol. The SMILES string of the molecule is CC(=O)CCC(=O)NCCNC(=O)C(C)Oc1ccccc1C(C)C. The number of carbonyl (C=O) groups excluding carboxylic acids is 3. The first kappa shape index (κ1) is 20.7. The Morgan fingerprint density at radius 2 is 1.64 bits per heavy atom. The lowest BCUT2D eigenvalue weighted by molar-refractivity contribution is -0.127. The largest absolute Gasteiger partial charge is 0.481 e. The van der Waals surface area contributed by atoms with Gasteiger partial charge in [-0.05, 0) is 31.4 Å². The maximum atomic E-state index is 12.1. The molecule has 0 saturated carbocycles. The highest BCUT2D eigenvalue weighted by atomic mass is 16.5. The summed E-state index contributed by atoms with van der Waals surface area (Å²) >= 11 is 0. The summed E-state index contributed by atoms with van der Waals surface area (Å²) in [5.41, 5.74) is 1.06. The fraction of sp³-hybridized carbons (Fsp3) is 0.526. The summed E-state index contributed by atoms with van der Waals surface area (Å²) in [5, 5.41) is 5.39. The van der Waals surface area contributed by atoms with Gasteiger partial charge in [0.2, 0.25) is 5.91 Å². The highest BCUT2D eigenvalue weighted by Crippen LogP contribution is 2.26. The van der Waals surface area contributed by atoms with Crippen LogP contribution in [0.5, 0.6) is 5.75 Å². The van der Waals surface area contributed by atoms with E-state index >= 15 is 0 Å². The summed E-state index contributed by atoms with van der Waals surface area (Å²) < 4.78 is 5.77. The summed E-state index contributed by atoms with van der Waals surface area (Å²) in [5.74, 6) is 0.557. The summed E-state index contributed by atoms with van der Waals surface area (Å²) in [4.78, 5) is 34.4. The van der Waals surface area contributed by atoms with Gasteiger partial charge in [-0.3, -0.25) is 9.59 Å². The topological polar surface area (TPSA) is 84.5 Å². The molecular weight excluding hydrogens is 320 g/mol. The minimum atomic E-state index is -0.631. The van der Waals surface area contributed by atoms with E-state index in [2.05, 4.69) is 24.5 Å². The van der Waals surface area contributed by atoms with E-state index < -0.39 is 6.10 Å². The molecule has 25 heavy (non-hydrogen) atoms. The van der Waals surface area contributed by atoms with E-state index in [1.165, 1.54) is 6.92 Å². The van der Waals surface area contributed by atoms with Crippen LogP contribution in [0.1, 0.15) is 52.0 Å². The molecule has 0 fully saturated rings. The molecule has 0 radical (unpaired) electrons. The monoisotopic (exact) mass is 348 g/mol. The summed E-state index contributed by atoms with van der Waals surface area (Å²) in [6.07, 6.45) is -0.221. The lowest BCUT2D eigenvalue weighted by Gasteiger charge is -2.18. The molecule has 6 heteroatoms. The Kier molecular flexibility index (Phi) is 8.67. The van der Waals surface area contributed by atoms with Gasteiger partial charge in [0.25, 0.3) is 5.91 Å². The third-order valence-corrected chi connectivity index (χ3v) is 3.66. The van der Waals surface area contributed by atoms with Crippen molar-refractivity contribution in [3.05, 3.63) is 29.8 Å². The van der Waals surface area contributed by atoms with E-state index in [-0.39, 0.29) is 30.4 Å². The van der Waals surface area contributed by atoms with Gasteiger partial charge in [-0.1, -0.05) is 32.0 Å². The van der Waals surface area contributed by atoms with Gasteiger partial charge in [0.15, 0.2) is 6.10 Å². The van der Waals surface area contributed by atoms with Crippen LogP contribution in [0.3, 0.4) is 0 Å². The Morgan fingerprint density at radius 1 is 1.00 bits per heavy atom. The first-order valence-corrected chi connectivity index (χ1v) is 8.60. The van der Waals surface area contributed by atoms with Crippen molar-refractivity contribution in [2.45, 2.75) is 52.6 Å². The number of hydrogen-bond acceptors (Lipinski definition) is 4. The van der Waals surface area contributed by atoms with Crippen molar-refractivity contribution in [3.8, 4) is 5.75 Å². The van der Waals surface area contributed by atoms with Crippen molar-refractivity contribution in [1.29, 1.82) is 0 Å². The Morgan fingerprint density at radius 3 is 2.28 bits per heavy atom. The number of Topliss-reactive ketones (excluding diaryl/α,β-unsaturated/α-hetero) is 1. The fourth-order valence-electron chi connectivity index (χ4n) is 2.22. The van der Waals surface area contributed by atoms with Crippen molar-refractivity contribution in [1.82, 2.24) is 10.6 Å². The summed E-state index contributed by atoms with van der Waals surface area (Å²) in [7, 11) is 0. The molecule has 0 aliphatic rings. The van der Waals surface area contributed by atoms with Crippen molar-refractivity contribution >= 4 is 17.6 Å². The Hall–Kier alpha value is -2.37. The molecule has 138 valence electrons.